The Morgan fingerprint density at radius 3 is 2.49 bits per heavy atom. The molecule has 10 rings (SSSR count). The zero-order chi connectivity index (χ0) is 53.3. The van der Waals surface area contributed by atoms with Crippen molar-refractivity contribution in [3.05, 3.63) is 125 Å². The molecule has 8 aromatic rings. The lowest BCUT2D eigenvalue weighted by Crippen LogP contribution is -2.51. The number of hydrogen-bond acceptors (Lipinski definition) is 14. The third-order valence-corrected chi connectivity index (χ3v) is 15.1. The van der Waals surface area contributed by atoms with Crippen LogP contribution in [-0.2, 0) is 29.1 Å². The first-order valence-corrected chi connectivity index (χ1v) is 26.5. The van der Waals surface area contributed by atoms with Crippen molar-refractivity contribution in [3.8, 4) is 39.2 Å². The number of ether oxygens (including phenoxy) is 2. The van der Waals surface area contributed by atoms with Gasteiger partial charge in [-0.1, -0.05) is 58.0 Å². The molecular formula is C57H61FN10O7S. The smallest absolute Gasteiger partial charge is 0.319 e. The van der Waals surface area contributed by atoms with Crippen molar-refractivity contribution in [2.45, 2.75) is 98.0 Å². The van der Waals surface area contributed by atoms with E-state index in [2.05, 4.69) is 35.8 Å². The molecule has 394 valence electrons. The van der Waals surface area contributed by atoms with Crippen LogP contribution >= 0.6 is 11.3 Å². The van der Waals surface area contributed by atoms with E-state index in [-0.39, 0.29) is 66.1 Å². The summed E-state index contributed by atoms with van der Waals surface area (Å²) in [5.41, 5.74) is 5.78. The van der Waals surface area contributed by atoms with Crippen LogP contribution in [0.5, 0.6) is 17.5 Å². The van der Waals surface area contributed by atoms with Crippen LogP contribution in [0.25, 0.3) is 43.4 Å². The summed E-state index contributed by atoms with van der Waals surface area (Å²) in [7, 11) is 0. The summed E-state index contributed by atoms with van der Waals surface area (Å²) in [5, 5.41) is 32.6. The Balaban J connectivity index is 0.757. The molecule has 1 unspecified atom stereocenters. The molecule has 5 N–H and O–H groups in total. The average Bonchev–Trinajstić information content (AvgIpc) is 4.25. The molecule has 0 saturated carbocycles. The number of carbonyl (C=O) groups is 3. The lowest BCUT2D eigenvalue weighted by molar-refractivity contribution is -0.123. The predicted octanol–water partition coefficient (Wildman–Crippen LogP) is 9.43. The molecule has 0 spiro atoms. The van der Waals surface area contributed by atoms with E-state index in [1.807, 2.05) is 67.1 Å². The molecule has 2 bridgehead atoms. The van der Waals surface area contributed by atoms with Crippen LogP contribution in [0.4, 0.5) is 15.9 Å². The Labute approximate surface area is 443 Å². The van der Waals surface area contributed by atoms with Crippen LogP contribution in [0.1, 0.15) is 85.6 Å². The van der Waals surface area contributed by atoms with Gasteiger partial charge in [0.15, 0.2) is 5.82 Å². The molecule has 2 aliphatic heterocycles. The number of thiazole rings is 1. The number of amides is 2. The molecule has 5 aromatic heterocycles. The van der Waals surface area contributed by atoms with Gasteiger partial charge in [-0.25, -0.2) is 9.37 Å². The van der Waals surface area contributed by atoms with Crippen molar-refractivity contribution in [2.75, 3.05) is 36.5 Å². The maximum atomic E-state index is 17.1. The summed E-state index contributed by atoms with van der Waals surface area (Å²) in [4.78, 5) is 62.7. The van der Waals surface area contributed by atoms with Crippen LogP contribution in [0, 0.1) is 18.2 Å². The van der Waals surface area contributed by atoms with Gasteiger partial charge in [0.1, 0.15) is 46.9 Å². The lowest BCUT2D eigenvalue weighted by atomic mass is 9.86. The molecule has 0 radical (unpaired) electrons. The number of rotatable bonds is 18. The Hall–Kier alpha value is -7.74. The third kappa shape index (κ3) is 11.0. The van der Waals surface area contributed by atoms with E-state index in [0.29, 0.717) is 61.5 Å². The number of anilines is 2. The second-order valence-electron chi connectivity index (χ2n) is 20.6. The Bertz CT molecular complexity index is 3450. The molecule has 76 heavy (non-hydrogen) atoms. The van der Waals surface area contributed by atoms with Crippen molar-refractivity contribution in [1.29, 1.82) is 0 Å². The Kier molecular flexibility index (Phi) is 14.9. The van der Waals surface area contributed by atoms with Gasteiger partial charge < -0.3 is 45.1 Å². The highest BCUT2D eigenvalue weighted by Gasteiger charge is 2.37. The van der Waals surface area contributed by atoms with E-state index in [0.717, 1.165) is 55.6 Å². The fraction of sp³-hybridized carbons (Fsp3) is 0.351. The minimum atomic E-state index is -1.05. The highest BCUT2D eigenvalue weighted by atomic mass is 32.1. The molecule has 17 nitrogen and oxygen atoms in total. The first kappa shape index (κ1) is 51.7. The fourth-order valence-electron chi connectivity index (χ4n) is 10.3. The van der Waals surface area contributed by atoms with Crippen molar-refractivity contribution in [2.24, 2.45) is 5.41 Å². The average molecular weight is 1050 g/mol. The summed E-state index contributed by atoms with van der Waals surface area (Å²) in [6.07, 6.45) is 8.13. The molecule has 3 atom stereocenters. The minimum Gasteiger partial charge on any atom is -0.508 e. The molecule has 7 heterocycles. The number of benzene rings is 3. The van der Waals surface area contributed by atoms with Gasteiger partial charge in [-0.05, 0) is 96.3 Å². The van der Waals surface area contributed by atoms with E-state index in [1.165, 1.54) is 23.6 Å². The van der Waals surface area contributed by atoms with Gasteiger partial charge in [-0.2, -0.15) is 9.97 Å². The van der Waals surface area contributed by atoms with Gasteiger partial charge in [0, 0.05) is 74.5 Å². The SMILES string of the molecule is CCc1cccc2cc(O)cc(-c3ncc4c(N5CC6CC[C@@H](C5)N6)nc(OCc5cccn5CCCOCCC(=O)N[C@H](C(=O)n5cc(O)cc5C(=O)Nc5ccc(-c6scnc6C)cc5)C(C)(C)C)nc4c3F)c12. The summed E-state index contributed by atoms with van der Waals surface area (Å²) in [6.45, 7) is 11.9. The van der Waals surface area contributed by atoms with Gasteiger partial charge in [-0.15, -0.1) is 11.3 Å². The monoisotopic (exact) mass is 1050 g/mol. The van der Waals surface area contributed by atoms with Crippen LogP contribution < -0.4 is 25.6 Å². The molecule has 2 fully saturated rings. The van der Waals surface area contributed by atoms with Crippen LogP contribution in [0.15, 0.2) is 96.9 Å². The van der Waals surface area contributed by atoms with Crippen molar-refractivity contribution < 1.29 is 38.5 Å². The minimum absolute atomic E-state index is 0.0104. The number of nitrogens with zero attached hydrogens (tertiary/aromatic N) is 7. The van der Waals surface area contributed by atoms with E-state index in [4.69, 9.17) is 14.5 Å². The zero-order valence-electron chi connectivity index (χ0n) is 43.1. The Morgan fingerprint density at radius 2 is 1.75 bits per heavy atom. The standard InChI is InChI=1S/C57H61FN10O7S/c1-6-34-10-7-11-36-24-41(69)25-43(47(34)36)49-48(58)50-44(27-59-49)53(67-28-38-17-18-39(29-67)61-38)65-56(64-50)75-31-40-12-8-20-66(40)21-9-22-74-23-19-46(71)63-52(57(3,4)5)55(73)68-30-42(70)26-45(68)54(72)62-37-15-13-35(14-16-37)51-33(2)60-32-76-51/h7-8,10-16,20,24-27,30,32,38-39,52,61,69-70H,6,9,17-19,21-23,28-29,31H2,1-5H3,(H,62,72)(H,63,71)/t38-,39?,52+/m0/s1. The van der Waals surface area contributed by atoms with Crippen LogP contribution in [0.2, 0.25) is 0 Å². The normalized spacial score (nSPS) is 15.8. The van der Waals surface area contributed by atoms with Crippen molar-refractivity contribution in [3.63, 3.8) is 0 Å². The van der Waals surface area contributed by atoms with E-state index in [1.54, 1.807) is 56.7 Å². The van der Waals surface area contributed by atoms with Crippen LogP contribution in [-0.4, -0.2) is 101 Å². The number of phenolic OH excluding ortho intramolecular Hbond substituents is 1. The molecular weight excluding hydrogens is 988 g/mol. The maximum absolute atomic E-state index is 17.1. The highest BCUT2D eigenvalue weighted by molar-refractivity contribution is 7.13. The number of carbonyl (C=O) groups excluding carboxylic acids is 3. The summed E-state index contributed by atoms with van der Waals surface area (Å²) in [5.74, 6) is -1.94. The van der Waals surface area contributed by atoms with Crippen molar-refractivity contribution in [1.82, 2.24) is 39.7 Å². The quantitative estimate of drug-likeness (QED) is 0.0508. The molecule has 2 saturated heterocycles. The van der Waals surface area contributed by atoms with Gasteiger partial charge in [0.25, 0.3) is 11.8 Å². The topological polar surface area (TPSA) is 211 Å². The summed E-state index contributed by atoms with van der Waals surface area (Å²) in [6, 6.07) is 20.9. The molecule has 3 aromatic carbocycles. The summed E-state index contributed by atoms with van der Waals surface area (Å²) < 4.78 is 32.4. The Morgan fingerprint density at radius 1 is 0.961 bits per heavy atom. The zero-order valence-corrected chi connectivity index (χ0v) is 43.9. The largest absolute Gasteiger partial charge is 0.508 e. The second kappa shape index (κ2) is 21.8. The van der Waals surface area contributed by atoms with Gasteiger partial charge in [0.2, 0.25) is 5.91 Å². The number of piperazine rings is 1. The van der Waals surface area contributed by atoms with E-state index in [9.17, 15) is 24.6 Å². The third-order valence-electron chi connectivity index (χ3n) is 14.1. The number of aromatic nitrogens is 6. The first-order valence-electron chi connectivity index (χ1n) is 25.7. The number of fused-ring (bicyclic) bond motifs is 4. The predicted molar refractivity (Wildman–Crippen MR) is 291 cm³/mol. The highest BCUT2D eigenvalue weighted by Crippen LogP contribution is 2.39. The number of aromatic hydroxyl groups is 2. The number of pyridine rings is 1. The molecule has 19 heteroatoms. The number of phenols is 1. The summed E-state index contributed by atoms with van der Waals surface area (Å²) >= 11 is 1.52. The first-order chi connectivity index (χ1) is 36.6. The molecule has 2 amide bonds. The van der Waals surface area contributed by atoms with Gasteiger partial charge in [-0.3, -0.25) is 23.9 Å². The number of aryl methyl sites for hydroxylation is 3. The van der Waals surface area contributed by atoms with E-state index >= 15 is 4.39 Å². The van der Waals surface area contributed by atoms with Gasteiger partial charge >= 0.3 is 6.01 Å². The lowest BCUT2D eigenvalue weighted by Gasteiger charge is -2.34. The fourth-order valence-corrected chi connectivity index (χ4v) is 11.1. The number of hydrogen-bond donors (Lipinski definition) is 5. The molecule has 0 aliphatic carbocycles. The maximum Gasteiger partial charge on any atom is 0.319 e. The van der Waals surface area contributed by atoms with Crippen molar-refractivity contribution >= 4 is 62.2 Å². The van der Waals surface area contributed by atoms with Gasteiger partial charge in [0.05, 0.1) is 40.0 Å². The van der Waals surface area contributed by atoms with Crippen LogP contribution in [0.3, 0.4) is 0 Å². The number of halogens is 1. The number of nitrogens with one attached hydrogen (secondary N) is 3. The molecule has 2 aliphatic rings. The van der Waals surface area contributed by atoms with E-state index < -0.39 is 35.0 Å². The second-order valence-corrected chi connectivity index (χ2v) is 21.4.